The smallest absolute Gasteiger partial charge is 0.307 e. The minimum atomic E-state index is -0.799. The molecule has 0 bridgehead atoms. The van der Waals surface area contributed by atoms with Gasteiger partial charge < -0.3 is 22.1 Å². The van der Waals surface area contributed by atoms with E-state index in [1.807, 2.05) is 30.3 Å². The number of fused-ring (bicyclic) bond motifs is 1. The molecule has 1 aromatic heterocycles. The van der Waals surface area contributed by atoms with Crippen LogP contribution in [0.25, 0.3) is 10.9 Å². The van der Waals surface area contributed by atoms with Crippen molar-refractivity contribution >= 4 is 16.9 Å². The van der Waals surface area contributed by atoms with Crippen molar-refractivity contribution < 1.29 is 31.4 Å². The van der Waals surface area contributed by atoms with Crippen molar-refractivity contribution in [2.75, 3.05) is 0 Å². The van der Waals surface area contributed by atoms with Crippen molar-refractivity contribution in [1.82, 2.24) is 0 Å². The highest BCUT2D eigenvalue weighted by Crippen LogP contribution is 2.14. The first-order valence-corrected chi connectivity index (χ1v) is 7.31. The zero-order valence-electron chi connectivity index (χ0n) is 12.9. The van der Waals surface area contributed by atoms with Crippen molar-refractivity contribution in [1.29, 1.82) is 0 Å². The summed E-state index contributed by atoms with van der Waals surface area (Å²) in [4.78, 5) is 10.7. The third-order valence-electron chi connectivity index (χ3n) is 3.87. The highest BCUT2D eigenvalue weighted by atomic mass is 79.9. The Bertz CT molecular complexity index is 828. The van der Waals surface area contributed by atoms with Crippen molar-refractivity contribution in [3.05, 3.63) is 77.5 Å². The zero-order valence-corrected chi connectivity index (χ0v) is 14.5. The molecule has 0 amide bonds. The third-order valence-corrected chi connectivity index (χ3v) is 3.87. The van der Waals surface area contributed by atoms with Crippen LogP contribution in [0.1, 0.15) is 16.7 Å². The number of aromatic nitrogens is 1. The van der Waals surface area contributed by atoms with E-state index in [2.05, 4.69) is 42.0 Å². The van der Waals surface area contributed by atoms with Gasteiger partial charge in [0.25, 0.3) is 0 Å². The average Bonchev–Trinajstić information content (AvgIpc) is 2.52. The third kappa shape index (κ3) is 3.96. The number of aryl methyl sites for hydroxylation is 1. The summed E-state index contributed by atoms with van der Waals surface area (Å²) in [7, 11) is 0. The zero-order chi connectivity index (χ0) is 15.5. The van der Waals surface area contributed by atoms with E-state index in [0.29, 0.717) is 0 Å². The Kier molecular flexibility index (Phi) is 5.50. The lowest BCUT2D eigenvalue weighted by Crippen LogP contribution is -3.00. The fraction of sp³-hybridized carbons (Fsp3) is 0.158. The maximum Gasteiger partial charge on any atom is 0.307 e. The van der Waals surface area contributed by atoms with E-state index in [0.717, 1.165) is 17.7 Å². The Labute approximate surface area is 146 Å². The van der Waals surface area contributed by atoms with Crippen LogP contribution in [0.2, 0.25) is 0 Å². The number of hydrogen-bond donors (Lipinski definition) is 1. The van der Waals surface area contributed by atoms with Gasteiger partial charge in [-0.05, 0) is 24.1 Å². The molecule has 0 fully saturated rings. The van der Waals surface area contributed by atoms with Gasteiger partial charge >= 0.3 is 5.97 Å². The van der Waals surface area contributed by atoms with E-state index in [-0.39, 0.29) is 23.4 Å². The van der Waals surface area contributed by atoms with Crippen LogP contribution in [-0.2, 0) is 17.8 Å². The summed E-state index contributed by atoms with van der Waals surface area (Å²) in [6, 6.07) is 18.3. The number of carboxylic acid groups (broad SMARTS) is 1. The standard InChI is InChI=1S/C19H17NO2.BrH/c1-14-10-11-20(18-5-3-2-4-17(14)18)13-16-8-6-15(7-9-16)12-19(21)22;/h2-11H,12-13H2,1H3;1H. The highest BCUT2D eigenvalue weighted by molar-refractivity contribution is 5.78. The number of nitrogens with zero attached hydrogens (tertiary/aromatic N) is 1. The summed E-state index contributed by atoms with van der Waals surface area (Å²) < 4.78 is 2.22. The minimum absolute atomic E-state index is 0. The largest absolute Gasteiger partial charge is 1.00 e. The molecule has 3 aromatic rings. The molecule has 0 spiro atoms. The molecule has 0 aliphatic heterocycles. The molecule has 23 heavy (non-hydrogen) atoms. The summed E-state index contributed by atoms with van der Waals surface area (Å²) in [5.41, 5.74) is 4.46. The molecule has 3 nitrogen and oxygen atoms in total. The van der Waals surface area contributed by atoms with Crippen molar-refractivity contribution in [3.63, 3.8) is 0 Å². The van der Waals surface area contributed by atoms with E-state index in [9.17, 15) is 4.79 Å². The van der Waals surface area contributed by atoms with Gasteiger partial charge in [0.2, 0.25) is 5.52 Å². The van der Waals surface area contributed by atoms with Gasteiger partial charge in [-0.1, -0.05) is 36.4 Å². The molecule has 0 radical (unpaired) electrons. The molecule has 0 saturated heterocycles. The Balaban J connectivity index is 0.00000192. The number of pyridine rings is 1. The lowest BCUT2D eigenvalue weighted by atomic mass is 10.1. The Hall–Kier alpha value is -2.20. The monoisotopic (exact) mass is 371 g/mol. The van der Waals surface area contributed by atoms with Gasteiger partial charge in [-0.2, -0.15) is 4.57 Å². The number of carbonyl (C=O) groups is 1. The first-order valence-electron chi connectivity index (χ1n) is 7.31. The summed E-state index contributed by atoms with van der Waals surface area (Å²) in [6.45, 7) is 2.89. The van der Waals surface area contributed by atoms with Gasteiger partial charge in [0, 0.05) is 23.1 Å². The van der Waals surface area contributed by atoms with Gasteiger partial charge in [0.15, 0.2) is 12.7 Å². The second kappa shape index (κ2) is 7.38. The first kappa shape index (κ1) is 17.2. The summed E-state index contributed by atoms with van der Waals surface area (Å²) in [6.07, 6.45) is 2.17. The minimum Gasteiger partial charge on any atom is -1.00 e. The van der Waals surface area contributed by atoms with E-state index >= 15 is 0 Å². The van der Waals surface area contributed by atoms with Crippen LogP contribution in [0.15, 0.2) is 60.8 Å². The second-order valence-electron chi connectivity index (χ2n) is 5.53. The number of rotatable bonds is 4. The Morgan fingerprint density at radius 1 is 1.00 bits per heavy atom. The fourth-order valence-corrected chi connectivity index (χ4v) is 2.70. The van der Waals surface area contributed by atoms with Crippen molar-refractivity contribution in [2.24, 2.45) is 0 Å². The summed E-state index contributed by atoms with van der Waals surface area (Å²) in [5, 5.41) is 10.1. The van der Waals surface area contributed by atoms with Crippen LogP contribution in [0.5, 0.6) is 0 Å². The highest BCUT2D eigenvalue weighted by Gasteiger charge is 2.11. The van der Waals surface area contributed by atoms with E-state index < -0.39 is 5.97 Å². The van der Waals surface area contributed by atoms with Crippen molar-refractivity contribution in [2.45, 2.75) is 19.9 Å². The van der Waals surface area contributed by atoms with Crippen LogP contribution in [-0.4, -0.2) is 11.1 Å². The van der Waals surface area contributed by atoms with Gasteiger partial charge in [-0.3, -0.25) is 4.79 Å². The quantitative estimate of drug-likeness (QED) is 0.661. The normalized spacial score (nSPS) is 10.3. The lowest BCUT2D eigenvalue weighted by Gasteiger charge is -2.05. The molecule has 0 saturated carbocycles. The molecule has 0 atom stereocenters. The predicted molar refractivity (Wildman–Crippen MR) is 85.8 cm³/mol. The van der Waals surface area contributed by atoms with Gasteiger partial charge in [0.1, 0.15) is 0 Å². The molecule has 0 unspecified atom stereocenters. The molecular weight excluding hydrogens is 354 g/mol. The number of hydrogen-bond acceptors (Lipinski definition) is 1. The predicted octanol–water partition coefficient (Wildman–Crippen LogP) is 0.115. The van der Waals surface area contributed by atoms with Crippen LogP contribution in [0.4, 0.5) is 0 Å². The molecule has 2 aromatic carbocycles. The van der Waals surface area contributed by atoms with Crippen LogP contribution < -0.4 is 21.5 Å². The van der Waals surface area contributed by atoms with Gasteiger partial charge in [-0.15, -0.1) is 0 Å². The first-order chi connectivity index (χ1) is 10.6. The van der Waals surface area contributed by atoms with Crippen LogP contribution in [0, 0.1) is 6.92 Å². The van der Waals surface area contributed by atoms with Gasteiger partial charge in [0.05, 0.1) is 6.42 Å². The second-order valence-corrected chi connectivity index (χ2v) is 5.53. The molecular formula is C19H18BrNO2. The lowest BCUT2D eigenvalue weighted by molar-refractivity contribution is -0.662. The SMILES string of the molecule is Cc1cc[n+](Cc2ccc(CC(=O)O)cc2)c2ccccc12.[Br-]. The maximum atomic E-state index is 10.7. The summed E-state index contributed by atoms with van der Waals surface area (Å²) >= 11 is 0. The number of benzene rings is 2. The molecule has 118 valence electrons. The Morgan fingerprint density at radius 2 is 1.65 bits per heavy atom. The average molecular weight is 372 g/mol. The number of carboxylic acids is 1. The molecule has 0 aliphatic rings. The maximum absolute atomic E-state index is 10.7. The van der Waals surface area contributed by atoms with Gasteiger partial charge in [-0.25, -0.2) is 0 Å². The van der Waals surface area contributed by atoms with Crippen LogP contribution >= 0.6 is 0 Å². The molecule has 3 rings (SSSR count). The van der Waals surface area contributed by atoms with Crippen LogP contribution in [0.3, 0.4) is 0 Å². The molecule has 0 aliphatic carbocycles. The molecule has 1 heterocycles. The van der Waals surface area contributed by atoms with E-state index in [1.54, 1.807) is 0 Å². The van der Waals surface area contributed by atoms with E-state index in [1.165, 1.54) is 16.5 Å². The molecule has 4 heteroatoms. The number of para-hydroxylation sites is 1. The van der Waals surface area contributed by atoms with Crippen molar-refractivity contribution in [3.8, 4) is 0 Å². The number of halogens is 1. The molecule has 1 N–H and O–H groups in total. The number of aliphatic carboxylic acids is 1. The fourth-order valence-electron chi connectivity index (χ4n) is 2.70. The van der Waals surface area contributed by atoms with E-state index in [4.69, 9.17) is 5.11 Å². The topological polar surface area (TPSA) is 41.2 Å². The summed E-state index contributed by atoms with van der Waals surface area (Å²) in [5.74, 6) is -0.799. The Morgan fingerprint density at radius 3 is 2.35 bits per heavy atom.